The first kappa shape index (κ1) is 18.4. The second-order valence-corrected chi connectivity index (χ2v) is 7.18. The number of hydrogen-bond acceptors (Lipinski definition) is 4. The fourth-order valence-corrected chi connectivity index (χ4v) is 3.58. The van der Waals surface area contributed by atoms with Crippen molar-refractivity contribution in [3.63, 3.8) is 0 Å². The fourth-order valence-electron chi connectivity index (χ4n) is 2.20. The normalized spacial score (nSPS) is 10.2. The lowest BCUT2D eigenvalue weighted by Gasteiger charge is -2.07. The van der Waals surface area contributed by atoms with Crippen LogP contribution < -0.4 is 5.32 Å². The summed E-state index contributed by atoms with van der Waals surface area (Å²) < 4.78 is 0. The molecule has 0 aliphatic heterocycles. The van der Waals surface area contributed by atoms with Gasteiger partial charge in [0.05, 0.1) is 11.6 Å². The molecule has 2 aromatic rings. The van der Waals surface area contributed by atoms with Crippen LogP contribution in [-0.2, 0) is 11.5 Å². The van der Waals surface area contributed by atoms with Gasteiger partial charge < -0.3 is 5.32 Å². The van der Waals surface area contributed by atoms with Crippen molar-refractivity contribution in [3.05, 3.63) is 70.8 Å². The number of benzene rings is 2. The SMILES string of the molecule is CSCc1ccc(C(=O)NCCSCc2ccccc2C#N)cc1. The molecule has 0 aliphatic rings. The van der Waals surface area contributed by atoms with Gasteiger partial charge in [0, 0.05) is 29.4 Å². The van der Waals surface area contributed by atoms with Gasteiger partial charge in [0.25, 0.3) is 5.91 Å². The summed E-state index contributed by atoms with van der Waals surface area (Å²) in [5, 5.41) is 12.0. The van der Waals surface area contributed by atoms with Crippen molar-refractivity contribution < 1.29 is 4.79 Å². The number of hydrogen-bond donors (Lipinski definition) is 1. The number of amides is 1. The number of nitrogens with one attached hydrogen (secondary N) is 1. The van der Waals surface area contributed by atoms with Gasteiger partial charge >= 0.3 is 0 Å². The van der Waals surface area contributed by atoms with E-state index in [4.69, 9.17) is 5.26 Å². The van der Waals surface area contributed by atoms with Gasteiger partial charge in [-0.05, 0) is 35.6 Å². The Hall–Kier alpha value is -1.90. The van der Waals surface area contributed by atoms with Crippen molar-refractivity contribution in [2.75, 3.05) is 18.6 Å². The topological polar surface area (TPSA) is 52.9 Å². The average Bonchev–Trinajstić information content (AvgIpc) is 2.62. The van der Waals surface area contributed by atoms with Crippen LogP contribution in [0.3, 0.4) is 0 Å². The van der Waals surface area contributed by atoms with Gasteiger partial charge in [-0.2, -0.15) is 28.8 Å². The van der Waals surface area contributed by atoms with Gasteiger partial charge in [0.1, 0.15) is 0 Å². The molecule has 0 heterocycles. The van der Waals surface area contributed by atoms with Crippen LogP contribution in [0.25, 0.3) is 0 Å². The molecule has 0 bridgehead atoms. The predicted octanol–water partition coefficient (Wildman–Crippen LogP) is 4.08. The highest BCUT2D eigenvalue weighted by Crippen LogP contribution is 2.15. The van der Waals surface area contributed by atoms with Gasteiger partial charge in [0.2, 0.25) is 0 Å². The molecule has 24 heavy (non-hydrogen) atoms. The summed E-state index contributed by atoms with van der Waals surface area (Å²) in [6.07, 6.45) is 2.06. The Balaban J connectivity index is 1.72. The van der Waals surface area contributed by atoms with E-state index in [-0.39, 0.29) is 5.91 Å². The standard InChI is InChI=1S/C19H20N2OS2/c1-23-13-15-6-8-16(9-7-15)19(22)21-10-11-24-14-18-5-3-2-4-17(18)12-20/h2-9H,10-11,13-14H2,1H3,(H,21,22). The molecule has 1 amide bonds. The van der Waals surface area contributed by atoms with Crippen molar-refractivity contribution in [1.82, 2.24) is 5.32 Å². The number of nitrogens with zero attached hydrogens (tertiary/aromatic N) is 1. The summed E-state index contributed by atoms with van der Waals surface area (Å²) in [6.45, 7) is 0.616. The second kappa shape index (κ2) is 10.1. The molecule has 0 aromatic heterocycles. The van der Waals surface area contributed by atoms with E-state index in [2.05, 4.69) is 17.6 Å². The van der Waals surface area contributed by atoms with E-state index in [1.807, 2.05) is 48.5 Å². The molecule has 0 saturated heterocycles. The minimum atomic E-state index is -0.0382. The molecule has 0 spiro atoms. The molecule has 0 unspecified atom stereocenters. The molecule has 5 heteroatoms. The van der Waals surface area contributed by atoms with Gasteiger partial charge in [-0.1, -0.05) is 30.3 Å². The van der Waals surface area contributed by atoms with Crippen LogP contribution in [0.4, 0.5) is 0 Å². The molecule has 2 rings (SSSR count). The largest absolute Gasteiger partial charge is 0.351 e. The highest BCUT2D eigenvalue weighted by Gasteiger charge is 2.05. The first-order valence-corrected chi connectivity index (χ1v) is 10.2. The summed E-state index contributed by atoms with van der Waals surface area (Å²) in [6, 6.07) is 17.6. The quantitative estimate of drug-likeness (QED) is 0.724. The lowest BCUT2D eigenvalue weighted by Crippen LogP contribution is -2.25. The first-order valence-electron chi connectivity index (χ1n) is 7.66. The van der Waals surface area contributed by atoms with Crippen LogP contribution in [-0.4, -0.2) is 24.5 Å². The van der Waals surface area contributed by atoms with E-state index in [9.17, 15) is 4.79 Å². The van der Waals surface area contributed by atoms with Crippen LogP contribution >= 0.6 is 23.5 Å². The van der Waals surface area contributed by atoms with Gasteiger partial charge in [-0.3, -0.25) is 4.79 Å². The molecule has 0 aliphatic carbocycles. The molecular formula is C19H20N2OS2. The molecule has 124 valence electrons. The van der Waals surface area contributed by atoms with Crippen molar-refractivity contribution in [1.29, 1.82) is 5.26 Å². The van der Waals surface area contributed by atoms with E-state index in [0.717, 1.165) is 28.4 Å². The Kier molecular flexibility index (Phi) is 7.73. The zero-order valence-corrected chi connectivity index (χ0v) is 15.3. The second-order valence-electron chi connectivity index (χ2n) is 5.21. The molecule has 0 atom stereocenters. The lowest BCUT2D eigenvalue weighted by molar-refractivity contribution is 0.0956. The van der Waals surface area contributed by atoms with E-state index < -0.39 is 0 Å². The number of carbonyl (C=O) groups is 1. The summed E-state index contributed by atoms with van der Waals surface area (Å²) in [5.41, 5.74) is 3.69. The minimum Gasteiger partial charge on any atom is -0.351 e. The van der Waals surface area contributed by atoms with Crippen LogP contribution in [0.2, 0.25) is 0 Å². The number of rotatable bonds is 8. The Bertz CT molecular complexity index is 708. The van der Waals surface area contributed by atoms with Gasteiger partial charge in [-0.25, -0.2) is 0 Å². The maximum absolute atomic E-state index is 12.1. The van der Waals surface area contributed by atoms with E-state index in [1.165, 1.54) is 5.56 Å². The molecule has 0 radical (unpaired) electrons. The number of carbonyl (C=O) groups excluding carboxylic acids is 1. The van der Waals surface area contributed by atoms with Crippen molar-refractivity contribution in [2.45, 2.75) is 11.5 Å². The van der Waals surface area contributed by atoms with E-state index in [0.29, 0.717) is 12.1 Å². The van der Waals surface area contributed by atoms with Crippen LogP contribution in [0.1, 0.15) is 27.0 Å². The molecule has 0 fully saturated rings. The maximum atomic E-state index is 12.1. The molecular weight excluding hydrogens is 336 g/mol. The number of thioether (sulfide) groups is 2. The molecule has 3 nitrogen and oxygen atoms in total. The van der Waals surface area contributed by atoms with Crippen molar-refractivity contribution >= 4 is 29.4 Å². The van der Waals surface area contributed by atoms with Gasteiger partial charge in [-0.15, -0.1) is 0 Å². The average molecular weight is 357 g/mol. The van der Waals surface area contributed by atoms with Crippen LogP contribution in [0, 0.1) is 11.3 Å². The summed E-state index contributed by atoms with van der Waals surface area (Å²) in [7, 11) is 0. The third-order valence-corrected chi connectivity index (χ3v) is 5.08. The zero-order valence-electron chi connectivity index (χ0n) is 13.6. The zero-order chi connectivity index (χ0) is 17.2. The maximum Gasteiger partial charge on any atom is 0.251 e. The molecule has 0 saturated carbocycles. The third kappa shape index (κ3) is 5.63. The smallest absolute Gasteiger partial charge is 0.251 e. The van der Waals surface area contributed by atoms with E-state index >= 15 is 0 Å². The third-order valence-electron chi connectivity index (χ3n) is 3.45. The Morgan fingerprint density at radius 1 is 1.12 bits per heavy atom. The Morgan fingerprint density at radius 2 is 1.88 bits per heavy atom. The highest BCUT2D eigenvalue weighted by molar-refractivity contribution is 7.98. The summed E-state index contributed by atoms with van der Waals surface area (Å²) >= 11 is 3.48. The van der Waals surface area contributed by atoms with Crippen molar-refractivity contribution in [2.24, 2.45) is 0 Å². The Morgan fingerprint density at radius 3 is 2.58 bits per heavy atom. The highest BCUT2D eigenvalue weighted by atomic mass is 32.2. The molecule has 1 N–H and O–H groups in total. The predicted molar refractivity (Wildman–Crippen MR) is 103 cm³/mol. The van der Waals surface area contributed by atoms with E-state index in [1.54, 1.807) is 23.5 Å². The fraction of sp³-hybridized carbons (Fsp3) is 0.263. The lowest BCUT2D eigenvalue weighted by atomic mass is 10.1. The monoisotopic (exact) mass is 356 g/mol. The van der Waals surface area contributed by atoms with Crippen LogP contribution in [0.15, 0.2) is 48.5 Å². The van der Waals surface area contributed by atoms with Crippen molar-refractivity contribution in [3.8, 4) is 6.07 Å². The number of nitriles is 1. The summed E-state index contributed by atoms with van der Waals surface area (Å²) in [5.74, 6) is 2.52. The first-order chi connectivity index (χ1) is 11.7. The Labute approximate surface area is 151 Å². The molecule has 2 aromatic carbocycles. The summed E-state index contributed by atoms with van der Waals surface area (Å²) in [4.78, 5) is 12.1. The van der Waals surface area contributed by atoms with Crippen LogP contribution in [0.5, 0.6) is 0 Å². The van der Waals surface area contributed by atoms with Gasteiger partial charge in [0.15, 0.2) is 0 Å². The minimum absolute atomic E-state index is 0.0382.